The number of pyridine rings is 2. The largest absolute Gasteiger partial charge is 0.278 e. The summed E-state index contributed by atoms with van der Waals surface area (Å²) in [7, 11) is -2.38. The summed E-state index contributed by atoms with van der Waals surface area (Å²) in [6, 6.07) is 8.10. The lowest BCUT2D eigenvalue weighted by Gasteiger charge is -2.17. The normalized spacial score (nSPS) is 12.4. The van der Waals surface area contributed by atoms with Gasteiger partial charge in [-0.1, -0.05) is 13.8 Å². The van der Waals surface area contributed by atoms with E-state index in [-0.39, 0.29) is 5.92 Å². The summed E-state index contributed by atoms with van der Waals surface area (Å²) in [6.07, 6.45) is 8.48. The predicted octanol–water partition coefficient (Wildman–Crippen LogP) is 4.30. The van der Waals surface area contributed by atoms with Gasteiger partial charge in [0.2, 0.25) is 0 Å². The SMILES string of the molecule is CC(C)c1nc(N=S(C)(C)=O)c2cc3[nH]ncc3cc2c1-c1ccn2ncnc2c1. The van der Waals surface area contributed by atoms with Crippen LogP contribution in [-0.4, -0.2) is 46.5 Å². The standard InChI is InChI=1S/C21H21N7OS/c1-12(2)20-19(13-5-6-28-18(8-13)22-11-24-28)15-7-14-10-23-26-17(14)9-16(15)21(25-20)27-30(3,4)29/h5-12H,1-4H3,(H,23,26). The molecule has 0 aliphatic heterocycles. The molecular weight excluding hydrogens is 398 g/mol. The van der Waals surface area contributed by atoms with Gasteiger partial charge in [-0.15, -0.1) is 0 Å². The first-order chi connectivity index (χ1) is 14.3. The van der Waals surface area contributed by atoms with Gasteiger partial charge in [-0.25, -0.2) is 18.7 Å². The Bertz CT molecular complexity index is 1550. The third-order valence-electron chi connectivity index (χ3n) is 4.99. The van der Waals surface area contributed by atoms with Crippen LogP contribution in [0.4, 0.5) is 5.82 Å². The van der Waals surface area contributed by atoms with Crippen LogP contribution in [0.1, 0.15) is 25.5 Å². The van der Waals surface area contributed by atoms with Gasteiger partial charge in [0.25, 0.3) is 0 Å². The molecule has 4 heterocycles. The summed E-state index contributed by atoms with van der Waals surface area (Å²) in [5.74, 6) is 0.629. The lowest BCUT2D eigenvalue weighted by atomic mass is 9.92. The number of hydrogen-bond donors (Lipinski definition) is 1. The minimum absolute atomic E-state index is 0.136. The summed E-state index contributed by atoms with van der Waals surface area (Å²) in [4.78, 5) is 9.23. The van der Waals surface area contributed by atoms with E-state index in [1.807, 2.05) is 24.4 Å². The number of nitrogens with zero attached hydrogens (tertiary/aromatic N) is 6. The van der Waals surface area contributed by atoms with Crippen molar-refractivity contribution in [3.8, 4) is 11.1 Å². The average molecular weight is 420 g/mol. The van der Waals surface area contributed by atoms with E-state index >= 15 is 0 Å². The number of aromatic nitrogens is 6. The number of benzene rings is 1. The second kappa shape index (κ2) is 6.60. The van der Waals surface area contributed by atoms with E-state index in [2.05, 4.69) is 44.6 Å². The highest BCUT2D eigenvalue weighted by Gasteiger charge is 2.20. The van der Waals surface area contributed by atoms with Crippen molar-refractivity contribution in [2.75, 3.05) is 12.5 Å². The third-order valence-corrected chi connectivity index (χ3v) is 5.61. The van der Waals surface area contributed by atoms with Crippen LogP contribution in [0, 0.1) is 0 Å². The Morgan fingerprint density at radius 2 is 2.00 bits per heavy atom. The van der Waals surface area contributed by atoms with E-state index < -0.39 is 9.73 Å². The molecule has 0 saturated heterocycles. The molecule has 8 nitrogen and oxygen atoms in total. The number of hydrogen-bond acceptors (Lipinski definition) is 6. The van der Waals surface area contributed by atoms with Gasteiger partial charge >= 0.3 is 0 Å². The number of H-pyrrole nitrogens is 1. The van der Waals surface area contributed by atoms with E-state index in [1.54, 1.807) is 23.2 Å². The maximum Gasteiger partial charge on any atom is 0.169 e. The van der Waals surface area contributed by atoms with Crippen molar-refractivity contribution < 1.29 is 4.21 Å². The lowest BCUT2D eigenvalue weighted by molar-refractivity contribution is 0.684. The molecule has 0 radical (unpaired) electrons. The minimum Gasteiger partial charge on any atom is -0.278 e. The maximum atomic E-state index is 12.5. The molecule has 0 unspecified atom stereocenters. The van der Waals surface area contributed by atoms with E-state index in [1.165, 1.54) is 6.33 Å². The molecule has 5 rings (SSSR count). The molecule has 1 N–H and O–H groups in total. The van der Waals surface area contributed by atoms with E-state index in [0.29, 0.717) is 5.82 Å². The van der Waals surface area contributed by atoms with Crippen LogP contribution < -0.4 is 0 Å². The number of nitrogens with one attached hydrogen (secondary N) is 1. The van der Waals surface area contributed by atoms with Crippen LogP contribution >= 0.6 is 0 Å². The minimum atomic E-state index is -2.38. The molecule has 0 saturated carbocycles. The van der Waals surface area contributed by atoms with Gasteiger partial charge in [0, 0.05) is 44.8 Å². The fourth-order valence-electron chi connectivity index (χ4n) is 3.72. The van der Waals surface area contributed by atoms with Gasteiger partial charge < -0.3 is 0 Å². The molecule has 0 amide bonds. The van der Waals surface area contributed by atoms with Crippen LogP contribution in [0.2, 0.25) is 0 Å². The summed E-state index contributed by atoms with van der Waals surface area (Å²) >= 11 is 0. The summed E-state index contributed by atoms with van der Waals surface area (Å²) in [6.45, 7) is 4.20. The predicted molar refractivity (Wildman–Crippen MR) is 120 cm³/mol. The van der Waals surface area contributed by atoms with Gasteiger partial charge in [-0.2, -0.15) is 14.6 Å². The van der Waals surface area contributed by atoms with Crippen LogP contribution in [-0.2, 0) is 9.73 Å². The Labute approximate surface area is 173 Å². The Balaban J connectivity index is 1.96. The molecule has 0 aliphatic rings. The quantitative estimate of drug-likeness (QED) is 0.470. The molecule has 0 fully saturated rings. The highest BCUT2D eigenvalue weighted by molar-refractivity contribution is 7.92. The zero-order valence-corrected chi connectivity index (χ0v) is 17.9. The Morgan fingerprint density at radius 3 is 2.77 bits per heavy atom. The van der Waals surface area contributed by atoms with E-state index in [9.17, 15) is 4.21 Å². The molecular formula is C21H21N7OS. The van der Waals surface area contributed by atoms with Crippen LogP contribution in [0.5, 0.6) is 0 Å². The third kappa shape index (κ3) is 3.11. The smallest absolute Gasteiger partial charge is 0.169 e. The molecule has 9 heteroatoms. The Morgan fingerprint density at radius 1 is 1.17 bits per heavy atom. The van der Waals surface area contributed by atoms with E-state index in [4.69, 9.17) is 4.98 Å². The van der Waals surface area contributed by atoms with Crippen molar-refractivity contribution in [2.45, 2.75) is 19.8 Å². The number of fused-ring (bicyclic) bond motifs is 3. The molecule has 0 aliphatic carbocycles. The van der Waals surface area contributed by atoms with Gasteiger partial charge in [-0.05, 0) is 41.1 Å². The first-order valence-electron chi connectivity index (χ1n) is 9.58. The molecule has 0 bridgehead atoms. The number of rotatable bonds is 3. The fourth-order valence-corrected chi connectivity index (χ4v) is 4.28. The topological polar surface area (TPSA) is 101 Å². The maximum absolute atomic E-state index is 12.5. The van der Waals surface area contributed by atoms with Crippen molar-refractivity contribution >= 4 is 42.9 Å². The molecule has 1 aromatic carbocycles. The summed E-state index contributed by atoms with van der Waals surface area (Å²) < 4.78 is 18.7. The van der Waals surface area contributed by atoms with Gasteiger partial charge in [0.15, 0.2) is 11.5 Å². The van der Waals surface area contributed by atoms with Crippen molar-refractivity contribution in [3.63, 3.8) is 0 Å². The van der Waals surface area contributed by atoms with Crippen molar-refractivity contribution in [2.24, 2.45) is 4.36 Å². The Kier molecular flexibility index (Phi) is 4.11. The Hall–Kier alpha value is -3.33. The first-order valence-corrected chi connectivity index (χ1v) is 11.9. The molecule has 4 aromatic heterocycles. The van der Waals surface area contributed by atoms with Crippen LogP contribution in [0.15, 0.2) is 47.3 Å². The van der Waals surface area contributed by atoms with Crippen molar-refractivity contribution in [3.05, 3.63) is 48.7 Å². The first kappa shape index (κ1) is 18.7. The van der Waals surface area contributed by atoms with Gasteiger partial charge in [-0.3, -0.25) is 5.10 Å². The van der Waals surface area contributed by atoms with Crippen LogP contribution in [0.25, 0.3) is 38.4 Å². The summed E-state index contributed by atoms with van der Waals surface area (Å²) in [5, 5.41) is 14.2. The second-order valence-corrected chi connectivity index (χ2v) is 10.5. The fraction of sp³-hybridized carbons (Fsp3) is 0.238. The zero-order chi connectivity index (χ0) is 21.0. The lowest BCUT2D eigenvalue weighted by Crippen LogP contribution is -2.01. The molecule has 152 valence electrons. The highest BCUT2D eigenvalue weighted by atomic mass is 32.2. The van der Waals surface area contributed by atoms with Gasteiger partial charge in [0.05, 0.1) is 17.4 Å². The van der Waals surface area contributed by atoms with E-state index in [0.717, 1.165) is 44.1 Å². The van der Waals surface area contributed by atoms with Crippen LogP contribution in [0.3, 0.4) is 0 Å². The molecule has 30 heavy (non-hydrogen) atoms. The zero-order valence-electron chi connectivity index (χ0n) is 17.1. The highest BCUT2D eigenvalue weighted by Crippen LogP contribution is 2.40. The average Bonchev–Trinajstić information content (AvgIpc) is 3.33. The molecule has 5 aromatic rings. The monoisotopic (exact) mass is 419 g/mol. The van der Waals surface area contributed by atoms with Gasteiger partial charge in [0.1, 0.15) is 6.33 Å². The molecule has 0 spiro atoms. The van der Waals surface area contributed by atoms with Crippen molar-refractivity contribution in [1.82, 2.24) is 29.8 Å². The second-order valence-electron chi connectivity index (χ2n) is 7.96. The summed E-state index contributed by atoms with van der Waals surface area (Å²) in [5.41, 5.74) is 4.57. The van der Waals surface area contributed by atoms with Crippen molar-refractivity contribution in [1.29, 1.82) is 0 Å². The molecule has 0 atom stereocenters. The number of aromatic amines is 1.